The highest BCUT2D eigenvalue weighted by molar-refractivity contribution is 6.02. The summed E-state index contributed by atoms with van der Waals surface area (Å²) in [5, 5.41) is 2.86. The molecule has 1 aromatic heterocycles. The number of hydrogen-bond donors (Lipinski definition) is 2. The van der Waals surface area contributed by atoms with E-state index in [4.69, 9.17) is 4.74 Å². The molecule has 0 saturated carbocycles. The molecule has 1 amide bonds. The number of carbonyl (C=O) groups is 1. The molecule has 0 bridgehead atoms. The summed E-state index contributed by atoms with van der Waals surface area (Å²) in [6, 6.07) is 15.2. The number of nitrogens with zero attached hydrogens (tertiary/aromatic N) is 1. The third-order valence-electron chi connectivity index (χ3n) is 3.68. The van der Waals surface area contributed by atoms with Crippen molar-refractivity contribution in [2.45, 2.75) is 13.3 Å². The van der Waals surface area contributed by atoms with Gasteiger partial charge in [-0.05, 0) is 42.3 Å². The molecule has 0 unspecified atom stereocenters. The first-order valence-corrected chi connectivity index (χ1v) is 8.56. The molecule has 0 radical (unpaired) electrons. The number of anilines is 1. The van der Waals surface area contributed by atoms with Crippen LogP contribution in [0.2, 0.25) is 0 Å². The van der Waals surface area contributed by atoms with Gasteiger partial charge in [0.1, 0.15) is 11.6 Å². The van der Waals surface area contributed by atoms with Gasteiger partial charge in [-0.3, -0.25) is 4.79 Å². The predicted molar refractivity (Wildman–Crippen MR) is 104 cm³/mol. The number of nitrogens with one attached hydrogen (secondary N) is 2. The van der Waals surface area contributed by atoms with E-state index in [-0.39, 0.29) is 5.91 Å². The average molecular weight is 347 g/mol. The monoisotopic (exact) mass is 347 g/mol. The zero-order valence-electron chi connectivity index (χ0n) is 14.6. The smallest absolute Gasteiger partial charge is 0.248 e. The van der Waals surface area contributed by atoms with Gasteiger partial charge in [0.25, 0.3) is 0 Å². The van der Waals surface area contributed by atoms with E-state index in [1.54, 1.807) is 18.5 Å². The molecule has 2 N–H and O–H groups in total. The Morgan fingerprint density at radius 1 is 1.23 bits per heavy atom. The summed E-state index contributed by atoms with van der Waals surface area (Å²) in [7, 11) is 0. The van der Waals surface area contributed by atoms with Gasteiger partial charge >= 0.3 is 0 Å². The summed E-state index contributed by atoms with van der Waals surface area (Å²) in [5.74, 6) is 1.41. The Kier molecular flexibility index (Phi) is 5.83. The van der Waals surface area contributed by atoms with Gasteiger partial charge in [-0.15, -0.1) is 0 Å². The molecule has 0 aliphatic carbocycles. The molecule has 0 fully saturated rings. The van der Waals surface area contributed by atoms with Crippen molar-refractivity contribution in [1.82, 2.24) is 9.97 Å². The number of aromatic nitrogens is 2. The number of ether oxygens (including phenoxy) is 1. The van der Waals surface area contributed by atoms with Gasteiger partial charge in [-0.2, -0.15) is 0 Å². The molecular weight excluding hydrogens is 326 g/mol. The first kappa shape index (κ1) is 17.5. The van der Waals surface area contributed by atoms with Gasteiger partial charge < -0.3 is 15.0 Å². The summed E-state index contributed by atoms with van der Waals surface area (Å²) in [6.45, 7) is 2.77. The first-order chi connectivity index (χ1) is 12.7. The van der Waals surface area contributed by atoms with Gasteiger partial charge in [0.15, 0.2) is 0 Å². The van der Waals surface area contributed by atoms with Crippen LogP contribution in [0.4, 0.5) is 5.69 Å². The third-order valence-corrected chi connectivity index (χ3v) is 3.68. The third kappa shape index (κ3) is 4.83. The zero-order valence-corrected chi connectivity index (χ0v) is 14.6. The summed E-state index contributed by atoms with van der Waals surface area (Å²) in [4.78, 5) is 19.4. The molecule has 0 aliphatic rings. The highest BCUT2D eigenvalue weighted by atomic mass is 16.5. The Balaban J connectivity index is 1.60. The van der Waals surface area contributed by atoms with Crippen LogP contribution in [0.15, 0.2) is 67.0 Å². The van der Waals surface area contributed by atoms with Crippen molar-refractivity contribution in [3.8, 4) is 17.1 Å². The van der Waals surface area contributed by atoms with Crippen LogP contribution in [0.3, 0.4) is 0 Å². The van der Waals surface area contributed by atoms with Gasteiger partial charge in [-0.1, -0.05) is 31.2 Å². The topological polar surface area (TPSA) is 67.0 Å². The Morgan fingerprint density at radius 2 is 2.08 bits per heavy atom. The van der Waals surface area contributed by atoms with Crippen molar-refractivity contribution in [1.29, 1.82) is 0 Å². The van der Waals surface area contributed by atoms with Crippen LogP contribution in [-0.2, 0) is 4.79 Å². The molecule has 132 valence electrons. The quantitative estimate of drug-likeness (QED) is 0.618. The van der Waals surface area contributed by atoms with E-state index in [0.717, 1.165) is 34.8 Å². The number of amides is 1. The average Bonchev–Trinajstić information content (AvgIpc) is 3.21. The van der Waals surface area contributed by atoms with Crippen LogP contribution in [0.1, 0.15) is 18.9 Å². The Labute approximate surface area is 152 Å². The molecule has 5 heteroatoms. The van der Waals surface area contributed by atoms with Crippen LogP contribution >= 0.6 is 0 Å². The fraction of sp³-hybridized carbons (Fsp3) is 0.143. The van der Waals surface area contributed by atoms with E-state index in [2.05, 4.69) is 22.2 Å². The molecule has 2 aromatic carbocycles. The normalized spacial score (nSPS) is 10.8. The van der Waals surface area contributed by atoms with E-state index in [9.17, 15) is 4.79 Å². The lowest BCUT2D eigenvalue weighted by atomic mass is 10.2. The van der Waals surface area contributed by atoms with Crippen LogP contribution in [0.5, 0.6) is 5.75 Å². The van der Waals surface area contributed by atoms with Crippen molar-refractivity contribution in [2.24, 2.45) is 0 Å². The molecule has 1 heterocycles. The maximum Gasteiger partial charge on any atom is 0.248 e. The number of benzene rings is 2. The number of carbonyl (C=O) groups excluding carboxylic acids is 1. The molecule has 0 spiro atoms. The highest BCUT2D eigenvalue weighted by Gasteiger charge is 2.03. The fourth-order valence-electron chi connectivity index (χ4n) is 2.42. The lowest BCUT2D eigenvalue weighted by Crippen LogP contribution is -2.07. The Morgan fingerprint density at radius 3 is 2.81 bits per heavy atom. The number of rotatable bonds is 7. The fourth-order valence-corrected chi connectivity index (χ4v) is 2.42. The van der Waals surface area contributed by atoms with Crippen molar-refractivity contribution < 1.29 is 9.53 Å². The van der Waals surface area contributed by atoms with E-state index >= 15 is 0 Å². The second-order valence-electron chi connectivity index (χ2n) is 5.76. The summed E-state index contributed by atoms with van der Waals surface area (Å²) >= 11 is 0. The minimum atomic E-state index is -0.187. The first-order valence-electron chi connectivity index (χ1n) is 8.56. The SMILES string of the molecule is CCCOc1ccc(C=CC(=O)Nc2cccc(-c3ncc[nH]3)c2)cc1. The van der Waals surface area contributed by atoms with Crippen molar-refractivity contribution in [3.05, 3.63) is 72.6 Å². The van der Waals surface area contributed by atoms with E-state index in [1.807, 2.05) is 48.5 Å². The second kappa shape index (κ2) is 8.67. The number of H-pyrrole nitrogens is 1. The minimum absolute atomic E-state index is 0.187. The zero-order chi connectivity index (χ0) is 18.2. The number of aromatic amines is 1. The Bertz CT molecular complexity index is 869. The van der Waals surface area contributed by atoms with Crippen LogP contribution in [0, 0.1) is 0 Å². The minimum Gasteiger partial charge on any atom is -0.494 e. The lowest BCUT2D eigenvalue weighted by Gasteiger charge is -2.05. The predicted octanol–water partition coefficient (Wildman–Crippen LogP) is 4.52. The van der Waals surface area contributed by atoms with Crippen LogP contribution in [0.25, 0.3) is 17.5 Å². The summed E-state index contributed by atoms with van der Waals surface area (Å²) < 4.78 is 5.55. The van der Waals surface area contributed by atoms with E-state index in [0.29, 0.717) is 6.61 Å². The maximum absolute atomic E-state index is 12.1. The lowest BCUT2D eigenvalue weighted by molar-refractivity contribution is -0.111. The van der Waals surface area contributed by atoms with Gasteiger partial charge in [0, 0.05) is 29.7 Å². The van der Waals surface area contributed by atoms with Crippen molar-refractivity contribution >= 4 is 17.7 Å². The largest absolute Gasteiger partial charge is 0.494 e. The van der Waals surface area contributed by atoms with E-state index < -0.39 is 0 Å². The molecule has 5 nitrogen and oxygen atoms in total. The molecule has 0 atom stereocenters. The molecule has 0 aliphatic heterocycles. The Hall–Kier alpha value is -3.34. The van der Waals surface area contributed by atoms with Crippen molar-refractivity contribution in [2.75, 3.05) is 11.9 Å². The molecule has 26 heavy (non-hydrogen) atoms. The van der Waals surface area contributed by atoms with Gasteiger partial charge in [0.2, 0.25) is 5.91 Å². The van der Waals surface area contributed by atoms with Crippen LogP contribution in [-0.4, -0.2) is 22.5 Å². The van der Waals surface area contributed by atoms with Crippen LogP contribution < -0.4 is 10.1 Å². The van der Waals surface area contributed by atoms with E-state index in [1.165, 1.54) is 6.08 Å². The number of imidazole rings is 1. The maximum atomic E-state index is 12.1. The molecule has 3 aromatic rings. The molecule has 3 rings (SSSR count). The summed E-state index contributed by atoms with van der Waals surface area (Å²) in [5.41, 5.74) is 2.57. The summed E-state index contributed by atoms with van der Waals surface area (Å²) in [6.07, 6.45) is 7.73. The van der Waals surface area contributed by atoms with Gasteiger partial charge in [0.05, 0.1) is 6.61 Å². The van der Waals surface area contributed by atoms with Crippen molar-refractivity contribution in [3.63, 3.8) is 0 Å². The molecule has 0 saturated heterocycles. The number of hydrogen-bond acceptors (Lipinski definition) is 3. The van der Waals surface area contributed by atoms with Gasteiger partial charge in [-0.25, -0.2) is 4.98 Å². The molecular formula is C21H21N3O2. The highest BCUT2D eigenvalue weighted by Crippen LogP contribution is 2.19. The standard InChI is InChI=1S/C21H21N3O2/c1-2-14-26-19-9-6-16(7-10-19)8-11-20(25)24-18-5-3-4-17(15-18)21-22-12-13-23-21/h3-13,15H,2,14H2,1H3,(H,22,23)(H,24,25). The second-order valence-corrected chi connectivity index (χ2v) is 5.76.